The lowest BCUT2D eigenvalue weighted by Gasteiger charge is -2.15. The number of aliphatic hydroxyl groups is 2. The van der Waals surface area contributed by atoms with Crippen molar-refractivity contribution in [3.8, 4) is 0 Å². The molecule has 2 N–H and O–H groups in total. The maximum atomic E-state index is 10.6. The van der Waals surface area contributed by atoms with Gasteiger partial charge < -0.3 is 15.0 Å². The topological polar surface area (TPSA) is 74.6 Å². The zero-order valence-electron chi connectivity index (χ0n) is 7.09. The Morgan fingerprint density at radius 1 is 1.38 bits per heavy atom. The molecule has 0 aliphatic heterocycles. The predicted molar refractivity (Wildman–Crippen MR) is 44.6 cm³/mol. The number of rotatable bonds is 3. The van der Waals surface area contributed by atoms with E-state index in [1.165, 1.54) is 6.08 Å². The highest BCUT2D eigenvalue weighted by Crippen LogP contribution is 2.33. The normalized spacial score (nSPS) is 38.3. The molecule has 0 unspecified atom stereocenters. The van der Waals surface area contributed by atoms with Crippen LogP contribution in [-0.4, -0.2) is 34.6 Å². The molecule has 1 aliphatic carbocycles. The summed E-state index contributed by atoms with van der Waals surface area (Å²) in [5.74, 6) is 0.696. The molecule has 0 aromatic carbocycles. The molecule has 72 valence electrons. The van der Waals surface area contributed by atoms with Crippen LogP contribution in [-0.2, 0) is 9.59 Å². The summed E-state index contributed by atoms with van der Waals surface area (Å²) < 4.78 is 0. The van der Waals surface area contributed by atoms with Crippen molar-refractivity contribution >= 4 is 12.2 Å². The van der Waals surface area contributed by atoms with Crippen LogP contribution in [0.15, 0.2) is 6.08 Å². The molecule has 4 atom stereocenters. The molecule has 0 amide bonds. The second kappa shape index (κ2) is 4.33. The van der Waals surface area contributed by atoms with Gasteiger partial charge in [-0.3, -0.25) is 0 Å². The minimum absolute atomic E-state index is 0.209. The number of aliphatic hydroxyl groups excluding tert-OH is 2. The van der Waals surface area contributed by atoms with E-state index in [0.29, 0.717) is 12.7 Å². The Balaban J connectivity index is 2.68. The van der Waals surface area contributed by atoms with Crippen LogP contribution in [0.25, 0.3) is 0 Å². The van der Waals surface area contributed by atoms with Crippen molar-refractivity contribution < 1.29 is 19.8 Å². The summed E-state index contributed by atoms with van der Waals surface area (Å²) in [6.07, 6.45) is 0.908. The van der Waals surface area contributed by atoms with Gasteiger partial charge in [0.1, 0.15) is 12.2 Å². The summed E-state index contributed by atoms with van der Waals surface area (Å²) in [6.45, 7) is 0. The van der Waals surface area contributed by atoms with Crippen molar-refractivity contribution in [1.82, 2.24) is 0 Å². The van der Waals surface area contributed by atoms with Crippen molar-refractivity contribution in [2.75, 3.05) is 0 Å². The molecule has 1 rings (SSSR count). The molecule has 1 saturated carbocycles. The van der Waals surface area contributed by atoms with Crippen molar-refractivity contribution in [2.45, 2.75) is 25.0 Å². The summed E-state index contributed by atoms with van der Waals surface area (Å²) in [7, 11) is 0. The smallest absolute Gasteiger partial charge is 0.126 e. The van der Waals surface area contributed by atoms with E-state index in [-0.39, 0.29) is 12.3 Å². The largest absolute Gasteiger partial charge is 0.393 e. The Morgan fingerprint density at radius 3 is 2.62 bits per heavy atom. The standard InChI is InChI=1S/C9H12O4/c10-3-1-2-6-7(5-11)9(13)4-8(6)12/h1,5-9,12-13H,2,4H2/t6-,7+,8-,9+/m0/s1. The van der Waals surface area contributed by atoms with Crippen LogP contribution in [0, 0.1) is 11.8 Å². The summed E-state index contributed by atoms with van der Waals surface area (Å²) >= 11 is 0. The van der Waals surface area contributed by atoms with Crippen LogP contribution in [0.2, 0.25) is 0 Å². The van der Waals surface area contributed by atoms with Gasteiger partial charge in [-0.25, -0.2) is 4.79 Å². The Labute approximate surface area is 75.9 Å². The summed E-state index contributed by atoms with van der Waals surface area (Å²) in [5.41, 5.74) is 0. The molecule has 1 aliphatic rings. The maximum absolute atomic E-state index is 10.6. The van der Waals surface area contributed by atoms with E-state index in [0.717, 1.165) is 0 Å². The molecule has 1 fully saturated rings. The first-order chi connectivity index (χ1) is 6.20. The number of hydrogen-bond donors (Lipinski definition) is 2. The summed E-state index contributed by atoms with van der Waals surface area (Å²) in [6, 6.07) is 0. The van der Waals surface area contributed by atoms with Gasteiger partial charge in [0.2, 0.25) is 0 Å². The van der Waals surface area contributed by atoms with Crippen molar-refractivity contribution in [3.05, 3.63) is 6.08 Å². The number of carbonyl (C=O) groups is 1. The lowest BCUT2D eigenvalue weighted by molar-refractivity contribution is -0.114. The number of hydrogen-bond acceptors (Lipinski definition) is 4. The molecule has 0 bridgehead atoms. The average molecular weight is 184 g/mol. The van der Waals surface area contributed by atoms with Gasteiger partial charge in [0.05, 0.1) is 12.2 Å². The van der Waals surface area contributed by atoms with Gasteiger partial charge in [-0.1, -0.05) is 0 Å². The molecule has 0 heterocycles. The minimum Gasteiger partial charge on any atom is -0.393 e. The van der Waals surface area contributed by atoms with E-state index < -0.39 is 18.1 Å². The first-order valence-corrected chi connectivity index (χ1v) is 4.21. The van der Waals surface area contributed by atoms with Crippen LogP contribution in [0.1, 0.15) is 12.8 Å². The molecular formula is C9H12O4. The van der Waals surface area contributed by atoms with Gasteiger partial charge in [-0.15, -0.1) is 0 Å². The van der Waals surface area contributed by atoms with Crippen LogP contribution in [0.4, 0.5) is 0 Å². The Hall–Kier alpha value is -0.960. The lowest BCUT2D eigenvalue weighted by Crippen LogP contribution is -2.22. The lowest BCUT2D eigenvalue weighted by atomic mass is 9.92. The van der Waals surface area contributed by atoms with E-state index in [2.05, 4.69) is 0 Å². The van der Waals surface area contributed by atoms with E-state index in [1.54, 1.807) is 5.94 Å². The highest BCUT2D eigenvalue weighted by Gasteiger charge is 2.40. The van der Waals surface area contributed by atoms with Crippen LogP contribution >= 0.6 is 0 Å². The summed E-state index contributed by atoms with van der Waals surface area (Å²) in [5, 5.41) is 18.7. The van der Waals surface area contributed by atoms with Crippen LogP contribution in [0.3, 0.4) is 0 Å². The third kappa shape index (κ3) is 2.04. The van der Waals surface area contributed by atoms with Gasteiger partial charge in [0.25, 0.3) is 0 Å². The Morgan fingerprint density at radius 2 is 2.08 bits per heavy atom. The van der Waals surface area contributed by atoms with Gasteiger partial charge in [0, 0.05) is 24.3 Å². The van der Waals surface area contributed by atoms with E-state index in [4.69, 9.17) is 0 Å². The van der Waals surface area contributed by atoms with Crippen molar-refractivity contribution in [3.63, 3.8) is 0 Å². The minimum atomic E-state index is -0.780. The van der Waals surface area contributed by atoms with Crippen LogP contribution in [0.5, 0.6) is 0 Å². The maximum Gasteiger partial charge on any atom is 0.126 e. The monoisotopic (exact) mass is 184 g/mol. The van der Waals surface area contributed by atoms with Gasteiger partial charge in [-0.05, 0) is 6.42 Å². The molecule has 0 radical (unpaired) electrons. The third-order valence-corrected chi connectivity index (χ3v) is 2.55. The molecule has 4 nitrogen and oxygen atoms in total. The highest BCUT2D eigenvalue weighted by molar-refractivity contribution is 5.56. The Kier molecular flexibility index (Phi) is 3.37. The zero-order chi connectivity index (χ0) is 9.84. The number of carbonyl (C=O) groups excluding carboxylic acids is 2. The second-order valence-electron chi connectivity index (χ2n) is 3.31. The predicted octanol–water partition coefficient (Wildman–Crippen LogP) is -0.679. The van der Waals surface area contributed by atoms with Gasteiger partial charge >= 0.3 is 0 Å². The van der Waals surface area contributed by atoms with E-state index in [1.807, 2.05) is 0 Å². The Bertz CT molecular complexity index is 232. The summed E-state index contributed by atoms with van der Waals surface area (Å²) in [4.78, 5) is 20.5. The second-order valence-corrected chi connectivity index (χ2v) is 3.31. The van der Waals surface area contributed by atoms with Gasteiger partial charge in [-0.2, -0.15) is 0 Å². The molecular weight excluding hydrogens is 172 g/mol. The van der Waals surface area contributed by atoms with Crippen molar-refractivity contribution in [1.29, 1.82) is 0 Å². The van der Waals surface area contributed by atoms with Crippen LogP contribution < -0.4 is 0 Å². The van der Waals surface area contributed by atoms with E-state index >= 15 is 0 Å². The highest BCUT2D eigenvalue weighted by atomic mass is 16.3. The number of aldehydes is 1. The van der Waals surface area contributed by atoms with E-state index in [9.17, 15) is 19.8 Å². The molecule has 0 aromatic heterocycles. The zero-order valence-corrected chi connectivity index (χ0v) is 7.09. The fourth-order valence-electron chi connectivity index (χ4n) is 1.81. The number of allylic oxidation sites excluding steroid dienone is 1. The average Bonchev–Trinajstić information content (AvgIpc) is 2.37. The van der Waals surface area contributed by atoms with Gasteiger partial charge in [0.15, 0.2) is 0 Å². The third-order valence-electron chi connectivity index (χ3n) is 2.55. The first kappa shape index (κ1) is 10.1. The molecule has 0 aromatic rings. The molecule has 4 heteroatoms. The van der Waals surface area contributed by atoms with Crippen molar-refractivity contribution in [2.24, 2.45) is 11.8 Å². The molecule has 13 heavy (non-hydrogen) atoms. The quantitative estimate of drug-likeness (QED) is 0.450. The first-order valence-electron chi connectivity index (χ1n) is 4.21. The molecule has 0 spiro atoms. The fourth-order valence-corrected chi connectivity index (χ4v) is 1.81. The SMILES string of the molecule is O=C=CC[C@H]1[C@@H](C=O)[C@H](O)C[C@@H]1O. The molecule has 0 saturated heterocycles. The fraction of sp³-hybridized carbons (Fsp3) is 0.667.